The number of guanidine groups is 1. The summed E-state index contributed by atoms with van der Waals surface area (Å²) in [7, 11) is -3.80. The molecule has 0 bridgehead atoms. The van der Waals surface area contributed by atoms with Crippen LogP contribution in [0.4, 0.5) is 11.6 Å². The number of carbonyl (C=O) groups is 3. The van der Waals surface area contributed by atoms with Crippen LogP contribution in [0.1, 0.15) is 49.2 Å². The Balaban J connectivity index is 0.00000441. The van der Waals surface area contributed by atoms with Crippen molar-refractivity contribution in [2.75, 3.05) is 31.1 Å². The maximum Gasteiger partial charge on any atom is 0.280 e. The van der Waals surface area contributed by atoms with Crippen molar-refractivity contribution >= 4 is 56.8 Å². The number of Topliss-reactive ketones (excluding diaryl/α,β-unsaturated/α-hetero) is 1. The SMILES string of the molecule is C.Nc1nc(N)c(C(=O)NC2=NCC3(CCN(C(=O)CCC(=O)Cc4ccc(S(N)(=O)=O)cc4)CC3)N2)nc1Cl. The molecule has 2 aliphatic rings. The Labute approximate surface area is 236 Å². The van der Waals surface area contributed by atoms with Crippen molar-refractivity contribution in [2.45, 2.75) is 50.0 Å². The number of hydrogen-bond donors (Lipinski definition) is 5. The van der Waals surface area contributed by atoms with E-state index in [1.165, 1.54) is 24.3 Å². The van der Waals surface area contributed by atoms with Gasteiger partial charge in [-0.3, -0.25) is 24.7 Å². The minimum Gasteiger partial charge on any atom is -0.382 e. The van der Waals surface area contributed by atoms with E-state index in [0.29, 0.717) is 38.0 Å². The van der Waals surface area contributed by atoms with Crippen molar-refractivity contribution in [3.63, 3.8) is 0 Å². The number of nitrogens with two attached hydrogens (primary N) is 3. The van der Waals surface area contributed by atoms with Gasteiger partial charge < -0.3 is 21.7 Å². The molecule has 0 aliphatic carbocycles. The molecule has 0 unspecified atom stereocenters. The molecule has 3 heterocycles. The number of piperidine rings is 1. The number of aliphatic imine (C=N–C) groups is 1. The number of nitrogens with one attached hydrogen (secondary N) is 2. The van der Waals surface area contributed by atoms with Gasteiger partial charge in [-0.1, -0.05) is 31.2 Å². The lowest BCUT2D eigenvalue weighted by molar-refractivity contribution is -0.134. The fraction of sp³-hybridized carbons (Fsp3) is 0.417. The van der Waals surface area contributed by atoms with E-state index >= 15 is 0 Å². The number of rotatable bonds is 7. The van der Waals surface area contributed by atoms with Gasteiger partial charge in [0.05, 0.1) is 17.0 Å². The van der Waals surface area contributed by atoms with Gasteiger partial charge in [0.1, 0.15) is 5.78 Å². The molecule has 1 aromatic carbocycles. The molecule has 1 saturated heterocycles. The van der Waals surface area contributed by atoms with Crippen molar-refractivity contribution in [1.82, 2.24) is 25.5 Å². The van der Waals surface area contributed by atoms with Crippen LogP contribution in [-0.2, 0) is 26.0 Å². The van der Waals surface area contributed by atoms with Gasteiger partial charge in [-0.05, 0) is 30.5 Å². The summed E-state index contributed by atoms with van der Waals surface area (Å²) in [6, 6.07) is 5.76. The number of ketones is 1. The lowest BCUT2D eigenvalue weighted by atomic mass is 9.88. The molecule has 2 aromatic rings. The molecule has 1 aromatic heterocycles. The molecular weight excluding hydrogens is 562 g/mol. The van der Waals surface area contributed by atoms with Crippen LogP contribution in [0.2, 0.25) is 5.15 Å². The van der Waals surface area contributed by atoms with E-state index in [1.807, 2.05) is 0 Å². The Morgan fingerprint density at radius 1 is 1.05 bits per heavy atom. The summed E-state index contributed by atoms with van der Waals surface area (Å²) in [4.78, 5) is 51.4. The topological polar surface area (TPSA) is 229 Å². The van der Waals surface area contributed by atoms with Crippen molar-refractivity contribution in [3.8, 4) is 0 Å². The average molecular weight is 594 g/mol. The van der Waals surface area contributed by atoms with Crippen LogP contribution in [-0.4, -0.2) is 72.0 Å². The highest BCUT2D eigenvalue weighted by atomic mass is 35.5. The molecule has 0 saturated carbocycles. The summed E-state index contributed by atoms with van der Waals surface area (Å²) in [5, 5.41) is 10.8. The number of anilines is 2. The molecule has 8 N–H and O–H groups in total. The van der Waals surface area contributed by atoms with E-state index in [0.717, 1.165) is 0 Å². The Morgan fingerprint density at radius 2 is 1.70 bits per heavy atom. The van der Waals surface area contributed by atoms with Crippen molar-refractivity contribution in [2.24, 2.45) is 10.1 Å². The number of hydrogen-bond acceptors (Lipinski definition) is 11. The number of halogens is 1. The van der Waals surface area contributed by atoms with Gasteiger partial charge in [0, 0.05) is 32.4 Å². The van der Waals surface area contributed by atoms with Gasteiger partial charge in [0.2, 0.25) is 15.9 Å². The van der Waals surface area contributed by atoms with Gasteiger partial charge in [0.15, 0.2) is 28.4 Å². The number of primary sulfonamides is 1. The summed E-state index contributed by atoms with van der Waals surface area (Å²) in [5.41, 5.74) is 11.3. The minimum absolute atomic E-state index is 0. The standard InChI is InChI=1S/C23H28ClN9O5S.CH4/c24-18-20(26)30-19(25)17(29-18)21(36)31-22-28-12-23(32-22)7-9-33(10-8-23)16(35)6-3-14(34)11-13-1-4-15(5-2-13)39(27,37)38;/h1-2,4-5H,3,6-12H2,(H4,25,26,30)(H2,27,37,38)(H2,28,31,32,36);1H4. The highest BCUT2D eigenvalue weighted by Gasteiger charge is 2.40. The molecule has 216 valence electrons. The maximum atomic E-state index is 12.7. The second-order valence-electron chi connectivity index (χ2n) is 9.44. The van der Waals surface area contributed by atoms with E-state index in [2.05, 4.69) is 25.6 Å². The third-order valence-corrected chi connectivity index (χ3v) is 7.83. The van der Waals surface area contributed by atoms with Crippen molar-refractivity contribution in [3.05, 3.63) is 40.7 Å². The van der Waals surface area contributed by atoms with Gasteiger partial charge in [-0.25, -0.2) is 23.5 Å². The van der Waals surface area contributed by atoms with Gasteiger partial charge in [-0.2, -0.15) is 0 Å². The maximum absolute atomic E-state index is 12.7. The molecule has 4 rings (SSSR count). The molecule has 2 aliphatic heterocycles. The Morgan fingerprint density at radius 3 is 2.33 bits per heavy atom. The molecular formula is C24H32ClN9O5S. The van der Waals surface area contributed by atoms with Crippen LogP contribution >= 0.6 is 11.6 Å². The van der Waals surface area contributed by atoms with Crippen LogP contribution in [0.3, 0.4) is 0 Å². The average Bonchev–Trinajstić information content (AvgIpc) is 3.26. The predicted octanol–water partition coefficient (Wildman–Crippen LogP) is 0.220. The van der Waals surface area contributed by atoms with Crippen LogP contribution in [0.15, 0.2) is 34.2 Å². The first kappa shape index (κ1) is 30.7. The van der Waals surface area contributed by atoms with Gasteiger partial charge in [-0.15, -0.1) is 0 Å². The summed E-state index contributed by atoms with van der Waals surface area (Å²) in [6.45, 7) is 1.35. The lowest BCUT2D eigenvalue weighted by Crippen LogP contribution is -2.57. The first-order valence-electron chi connectivity index (χ1n) is 12.0. The molecule has 2 amide bonds. The number of aromatic nitrogens is 2. The number of sulfonamides is 1. The van der Waals surface area contributed by atoms with Gasteiger partial charge >= 0.3 is 0 Å². The highest BCUT2D eigenvalue weighted by Crippen LogP contribution is 2.26. The summed E-state index contributed by atoms with van der Waals surface area (Å²) >= 11 is 5.84. The Kier molecular flexibility index (Phi) is 9.32. The zero-order valence-corrected chi connectivity index (χ0v) is 22.4. The van der Waals surface area contributed by atoms with E-state index in [9.17, 15) is 22.8 Å². The predicted molar refractivity (Wildman–Crippen MR) is 150 cm³/mol. The Bertz CT molecular complexity index is 1440. The van der Waals surface area contributed by atoms with E-state index in [1.54, 1.807) is 4.90 Å². The molecule has 16 heteroatoms. The number of nitrogen functional groups attached to an aromatic ring is 2. The number of benzene rings is 1. The smallest absolute Gasteiger partial charge is 0.280 e. The second-order valence-corrected chi connectivity index (χ2v) is 11.4. The second kappa shape index (κ2) is 12.1. The molecule has 1 fully saturated rings. The quantitative estimate of drug-likeness (QED) is 0.293. The Hall–Kier alpha value is -3.82. The largest absolute Gasteiger partial charge is 0.382 e. The normalized spacial score (nSPS) is 16.1. The highest BCUT2D eigenvalue weighted by molar-refractivity contribution is 7.89. The molecule has 14 nitrogen and oxygen atoms in total. The third kappa shape index (κ3) is 7.22. The fourth-order valence-electron chi connectivity index (χ4n) is 4.39. The monoisotopic (exact) mass is 593 g/mol. The van der Waals surface area contributed by atoms with E-state index in [-0.39, 0.29) is 71.7 Å². The number of amides is 2. The lowest BCUT2D eigenvalue weighted by Gasteiger charge is -2.39. The van der Waals surface area contributed by atoms with Crippen molar-refractivity contribution < 1.29 is 22.8 Å². The van der Waals surface area contributed by atoms with Crippen LogP contribution < -0.4 is 27.2 Å². The molecule has 0 radical (unpaired) electrons. The third-order valence-electron chi connectivity index (χ3n) is 6.62. The number of carbonyl (C=O) groups excluding carboxylic acids is 3. The van der Waals surface area contributed by atoms with Crippen molar-refractivity contribution in [1.29, 1.82) is 0 Å². The molecule has 0 atom stereocenters. The summed E-state index contributed by atoms with van der Waals surface area (Å²) in [6.07, 6.45) is 1.45. The zero-order valence-electron chi connectivity index (χ0n) is 20.8. The molecule has 1 spiro atoms. The summed E-state index contributed by atoms with van der Waals surface area (Å²) in [5.74, 6) is -0.861. The minimum atomic E-state index is -3.80. The van der Waals surface area contributed by atoms with Gasteiger partial charge in [0.25, 0.3) is 5.91 Å². The van der Waals surface area contributed by atoms with Crippen LogP contribution in [0.5, 0.6) is 0 Å². The van der Waals surface area contributed by atoms with Crippen LogP contribution in [0.25, 0.3) is 0 Å². The summed E-state index contributed by atoms with van der Waals surface area (Å²) < 4.78 is 22.7. The van der Waals surface area contributed by atoms with E-state index in [4.69, 9.17) is 28.2 Å². The fourth-order valence-corrected chi connectivity index (χ4v) is 5.03. The van der Waals surface area contributed by atoms with Crippen LogP contribution in [0, 0.1) is 0 Å². The number of likely N-dealkylation sites (tertiary alicyclic amines) is 1. The first-order valence-corrected chi connectivity index (χ1v) is 13.9. The first-order chi connectivity index (χ1) is 18.3. The molecule has 40 heavy (non-hydrogen) atoms. The number of nitrogens with zero attached hydrogens (tertiary/aromatic N) is 4. The zero-order chi connectivity index (χ0) is 28.4. The van der Waals surface area contributed by atoms with E-state index < -0.39 is 21.5 Å².